The van der Waals surface area contributed by atoms with E-state index in [1.165, 1.54) is 12.0 Å². The topological polar surface area (TPSA) is 57.7 Å². The molecule has 2 aliphatic rings. The first-order valence-electron chi connectivity index (χ1n) is 10.7. The lowest BCUT2D eigenvalue weighted by Crippen LogP contribution is -2.18. The molecule has 6 heteroatoms. The molecular formula is C25H23N5S. The van der Waals surface area contributed by atoms with E-state index in [1.54, 1.807) is 11.8 Å². The molecule has 0 radical (unpaired) electrons. The maximum absolute atomic E-state index is 10.2. The molecule has 0 saturated heterocycles. The van der Waals surface area contributed by atoms with Crippen molar-refractivity contribution in [3.63, 3.8) is 0 Å². The van der Waals surface area contributed by atoms with Crippen LogP contribution >= 0.6 is 11.8 Å². The minimum atomic E-state index is 0.601. The summed E-state index contributed by atoms with van der Waals surface area (Å²) in [6.45, 7) is 1.56. The number of hydrogen-bond donors (Lipinski definition) is 0. The highest BCUT2D eigenvalue weighted by molar-refractivity contribution is 8.06. The molecule has 0 amide bonds. The molecule has 0 atom stereocenters. The summed E-state index contributed by atoms with van der Waals surface area (Å²) in [5.74, 6) is 1.69. The van der Waals surface area contributed by atoms with Gasteiger partial charge in [-0.2, -0.15) is 5.26 Å². The van der Waals surface area contributed by atoms with Gasteiger partial charge in [-0.05, 0) is 24.0 Å². The SMILES string of the molecule is N#C/C(=C1/SC=C(c2ccccc2)N1Cc1ccccc1)c1nnc2n1CCCCC2. The lowest BCUT2D eigenvalue weighted by molar-refractivity contribution is 0.521. The van der Waals surface area contributed by atoms with Gasteiger partial charge in [-0.15, -0.1) is 10.2 Å². The van der Waals surface area contributed by atoms with Crippen LogP contribution in [0.5, 0.6) is 0 Å². The fourth-order valence-corrected chi connectivity index (χ4v) is 5.19. The maximum atomic E-state index is 10.2. The van der Waals surface area contributed by atoms with Crippen molar-refractivity contribution in [3.8, 4) is 6.07 Å². The number of aromatic nitrogens is 3. The van der Waals surface area contributed by atoms with Gasteiger partial charge in [0.1, 0.15) is 22.5 Å². The van der Waals surface area contributed by atoms with Gasteiger partial charge in [0.05, 0.1) is 5.70 Å². The van der Waals surface area contributed by atoms with Crippen LogP contribution in [0, 0.1) is 11.3 Å². The summed E-state index contributed by atoms with van der Waals surface area (Å²) < 4.78 is 2.15. The smallest absolute Gasteiger partial charge is 0.177 e. The number of allylic oxidation sites excluding steroid dienone is 1. The van der Waals surface area contributed by atoms with Crippen LogP contribution in [-0.4, -0.2) is 19.7 Å². The van der Waals surface area contributed by atoms with Crippen molar-refractivity contribution in [2.45, 2.75) is 38.8 Å². The van der Waals surface area contributed by atoms with Gasteiger partial charge in [0.25, 0.3) is 0 Å². The first-order chi connectivity index (χ1) is 15.3. The number of hydrogen-bond acceptors (Lipinski definition) is 5. The van der Waals surface area contributed by atoms with E-state index in [1.807, 2.05) is 24.3 Å². The zero-order valence-corrected chi connectivity index (χ0v) is 18.1. The van der Waals surface area contributed by atoms with E-state index >= 15 is 0 Å². The number of nitriles is 1. The van der Waals surface area contributed by atoms with E-state index in [2.05, 4.69) is 67.5 Å². The number of aryl methyl sites for hydroxylation is 1. The molecule has 0 aliphatic carbocycles. The van der Waals surface area contributed by atoms with Crippen molar-refractivity contribution in [2.24, 2.45) is 0 Å². The van der Waals surface area contributed by atoms with E-state index in [9.17, 15) is 5.26 Å². The van der Waals surface area contributed by atoms with Crippen molar-refractivity contribution in [1.82, 2.24) is 19.7 Å². The Kier molecular flexibility index (Phi) is 5.59. The fraction of sp³-hybridized carbons (Fsp3) is 0.240. The fourth-order valence-electron chi connectivity index (χ4n) is 4.16. The quantitative estimate of drug-likeness (QED) is 0.521. The Hall–Kier alpha value is -3.30. The van der Waals surface area contributed by atoms with Crippen LogP contribution in [0.4, 0.5) is 0 Å². The molecule has 0 fully saturated rings. The summed E-state index contributed by atoms with van der Waals surface area (Å²) >= 11 is 1.60. The molecule has 31 heavy (non-hydrogen) atoms. The summed E-state index contributed by atoms with van der Waals surface area (Å²) in [5.41, 5.74) is 4.04. The molecule has 5 rings (SSSR count). The molecule has 0 unspecified atom stereocenters. The third-order valence-electron chi connectivity index (χ3n) is 5.73. The molecule has 0 spiro atoms. The summed E-state index contributed by atoms with van der Waals surface area (Å²) in [5, 5.41) is 22.2. The van der Waals surface area contributed by atoms with E-state index < -0.39 is 0 Å². The van der Waals surface area contributed by atoms with Crippen LogP contribution in [-0.2, 0) is 19.5 Å². The minimum Gasteiger partial charge on any atom is -0.329 e. The Bertz CT molecular complexity index is 1170. The zero-order chi connectivity index (χ0) is 21.0. The molecule has 1 aromatic heterocycles. The largest absolute Gasteiger partial charge is 0.329 e. The third kappa shape index (κ3) is 3.89. The van der Waals surface area contributed by atoms with Crippen LogP contribution in [0.25, 0.3) is 11.3 Å². The Morgan fingerprint density at radius 2 is 1.74 bits per heavy atom. The van der Waals surface area contributed by atoms with Crippen molar-refractivity contribution in [1.29, 1.82) is 5.26 Å². The predicted molar refractivity (Wildman–Crippen MR) is 124 cm³/mol. The standard InChI is InChI=1S/C25H23N5S/c26-16-21(24-28-27-23-14-8-3-9-15-29(23)24)25-30(17-19-10-4-1-5-11-19)22(18-31-25)20-12-6-2-7-13-20/h1-2,4-7,10-13,18H,3,8-9,14-15,17H2/b25-21-. The molecule has 2 aliphatic heterocycles. The van der Waals surface area contributed by atoms with Gasteiger partial charge >= 0.3 is 0 Å². The second-order valence-electron chi connectivity index (χ2n) is 7.75. The highest BCUT2D eigenvalue weighted by Crippen LogP contribution is 2.44. The molecule has 154 valence electrons. The van der Waals surface area contributed by atoms with Gasteiger partial charge < -0.3 is 9.47 Å². The van der Waals surface area contributed by atoms with Crippen molar-refractivity contribution < 1.29 is 0 Å². The Balaban J connectivity index is 1.60. The molecule has 5 nitrogen and oxygen atoms in total. The Morgan fingerprint density at radius 1 is 0.968 bits per heavy atom. The van der Waals surface area contributed by atoms with Crippen LogP contribution in [0.3, 0.4) is 0 Å². The Morgan fingerprint density at radius 3 is 2.52 bits per heavy atom. The molecular weight excluding hydrogens is 402 g/mol. The van der Waals surface area contributed by atoms with Gasteiger partial charge in [-0.1, -0.05) is 78.8 Å². The van der Waals surface area contributed by atoms with E-state index in [0.29, 0.717) is 17.9 Å². The van der Waals surface area contributed by atoms with Crippen LogP contribution in [0.15, 0.2) is 71.1 Å². The molecule has 0 saturated carbocycles. The molecule has 3 aromatic rings. The molecule has 0 N–H and O–H groups in total. The zero-order valence-electron chi connectivity index (χ0n) is 17.2. The van der Waals surface area contributed by atoms with E-state index in [-0.39, 0.29) is 0 Å². The van der Waals surface area contributed by atoms with E-state index in [4.69, 9.17) is 0 Å². The van der Waals surface area contributed by atoms with Crippen molar-refractivity contribution in [2.75, 3.05) is 0 Å². The van der Waals surface area contributed by atoms with E-state index in [0.717, 1.165) is 47.9 Å². The first-order valence-corrected chi connectivity index (χ1v) is 11.5. The number of fused-ring (bicyclic) bond motifs is 1. The highest BCUT2D eigenvalue weighted by Gasteiger charge is 2.29. The van der Waals surface area contributed by atoms with Crippen molar-refractivity contribution in [3.05, 3.63) is 93.9 Å². The van der Waals surface area contributed by atoms with Crippen molar-refractivity contribution >= 4 is 23.0 Å². The number of thioether (sulfide) groups is 1. The number of nitrogens with zero attached hydrogens (tertiary/aromatic N) is 5. The second-order valence-corrected chi connectivity index (χ2v) is 8.61. The highest BCUT2D eigenvalue weighted by atomic mass is 32.2. The Labute approximate surface area is 186 Å². The average molecular weight is 426 g/mol. The van der Waals surface area contributed by atoms with Gasteiger partial charge in [-0.25, -0.2) is 0 Å². The maximum Gasteiger partial charge on any atom is 0.177 e. The summed E-state index contributed by atoms with van der Waals surface area (Å²) in [6.07, 6.45) is 4.34. The summed E-state index contributed by atoms with van der Waals surface area (Å²) in [4.78, 5) is 2.24. The summed E-state index contributed by atoms with van der Waals surface area (Å²) in [7, 11) is 0. The minimum absolute atomic E-state index is 0.601. The average Bonchev–Trinajstić information content (AvgIpc) is 3.32. The number of rotatable bonds is 4. The van der Waals surface area contributed by atoms with Gasteiger partial charge in [0.2, 0.25) is 0 Å². The monoisotopic (exact) mass is 425 g/mol. The molecule has 0 bridgehead atoms. The second kappa shape index (κ2) is 8.83. The summed E-state index contributed by atoms with van der Waals surface area (Å²) in [6, 6.07) is 23.2. The molecule has 2 aromatic carbocycles. The van der Waals surface area contributed by atoms with Gasteiger partial charge in [-0.3, -0.25) is 0 Å². The van der Waals surface area contributed by atoms with Crippen LogP contribution < -0.4 is 0 Å². The lowest BCUT2D eigenvalue weighted by Gasteiger charge is -2.25. The number of benzene rings is 2. The third-order valence-corrected chi connectivity index (χ3v) is 6.72. The molecule has 3 heterocycles. The van der Waals surface area contributed by atoms with Gasteiger partial charge in [0, 0.05) is 24.9 Å². The van der Waals surface area contributed by atoms with Gasteiger partial charge in [0.15, 0.2) is 5.82 Å². The van der Waals surface area contributed by atoms with Crippen LogP contribution in [0.2, 0.25) is 0 Å². The first kappa shape index (κ1) is 19.7. The van der Waals surface area contributed by atoms with Crippen LogP contribution in [0.1, 0.15) is 42.0 Å². The normalized spacial score (nSPS) is 17.5. The lowest BCUT2D eigenvalue weighted by atomic mass is 10.1. The predicted octanol–water partition coefficient (Wildman–Crippen LogP) is 5.44.